The number of methoxy groups -OCH3 is 1. The fourth-order valence-electron chi connectivity index (χ4n) is 2.20. The van der Waals surface area contributed by atoms with Crippen LogP contribution in [0, 0.1) is 6.92 Å². The molecule has 3 nitrogen and oxygen atoms in total. The number of ether oxygens (including phenoxy) is 1. The van der Waals surface area contributed by atoms with E-state index in [0.717, 1.165) is 12.3 Å². The molecule has 0 saturated heterocycles. The number of aromatic nitrogens is 1. The monoisotopic (exact) mass is 290 g/mol. The number of nitrogens with one attached hydrogen (secondary N) is 1. The highest BCUT2D eigenvalue weighted by Gasteiger charge is 2.14. The molecule has 0 amide bonds. The second-order valence-electron chi connectivity index (χ2n) is 5.15. The van der Waals surface area contributed by atoms with Crippen LogP contribution in [-0.2, 0) is 0 Å². The molecule has 20 heavy (non-hydrogen) atoms. The van der Waals surface area contributed by atoms with Gasteiger partial charge in [0.2, 0.25) is 0 Å². The Morgan fingerprint density at radius 1 is 1.35 bits per heavy atom. The molecule has 2 atom stereocenters. The Balaban J connectivity index is 2.00. The summed E-state index contributed by atoms with van der Waals surface area (Å²) in [6, 6.07) is 6.60. The highest BCUT2D eigenvalue weighted by atomic mass is 32.1. The summed E-state index contributed by atoms with van der Waals surface area (Å²) >= 11 is 1.71. The van der Waals surface area contributed by atoms with Crippen molar-refractivity contribution in [3.8, 4) is 5.75 Å². The van der Waals surface area contributed by atoms with Crippen LogP contribution in [0.2, 0.25) is 0 Å². The van der Waals surface area contributed by atoms with E-state index in [2.05, 4.69) is 49.3 Å². The first-order chi connectivity index (χ1) is 9.61. The summed E-state index contributed by atoms with van der Waals surface area (Å²) in [4.78, 5) is 4.37. The van der Waals surface area contributed by atoms with Crippen molar-refractivity contribution < 1.29 is 4.74 Å². The number of rotatable bonds is 6. The second-order valence-corrected chi connectivity index (χ2v) is 6.07. The van der Waals surface area contributed by atoms with Gasteiger partial charge in [-0.3, -0.25) is 0 Å². The Kier molecular flexibility index (Phi) is 5.15. The van der Waals surface area contributed by atoms with Crippen LogP contribution in [0.25, 0.3) is 0 Å². The van der Waals surface area contributed by atoms with Gasteiger partial charge in [-0.2, -0.15) is 0 Å². The lowest BCUT2D eigenvalue weighted by Crippen LogP contribution is -2.24. The van der Waals surface area contributed by atoms with Crippen molar-refractivity contribution in [2.24, 2.45) is 0 Å². The molecule has 108 valence electrons. The lowest BCUT2D eigenvalue weighted by atomic mass is 10.0. The van der Waals surface area contributed by atoms with Gasteiger partial charge >= 0.3 is 0 Å². The topological polar surface area (TPSA) is 34.1 Å². The zero-order valence-electron chi connectivity index (χ0n) is 12.5. The predicted octanol–water partition coefficient (Wildman–Crippen LogP) is 3.91. The Hall–Kier alpha value is -1.39. The van der Waals surface area contributed by atoms with E-state index >= 15 is 0 Å². The Bertz CT molecular complexity index is 539. The molecule has 0 aliphatic heterocycles. The lowest BCUT2D eigenvalue weighted by molar-refractivity contribution is 0.400. The van der Waals surface area contributed by atoms with Gasteiger partial charge in [0, 0.05) is 35.6 Å². The van der Waals surface area contributed by atoms with E-state index in [-0.39, 0.29) is 6.04 Å². The van der Waals surface area contributed by atoms with E-state index in [1.54, 1.807) is 18.4 Å². The van der Waals surface area contributed by atoms with Gasteiger partial charge in [0.25, 0.3) is 0 Å². The standard InChI is InChI=1S/C16H22N2OS/c1-11-5-6-14(15(9-11)19-4)13(3)18-10-12(2)16-17-7-8-20-16/h5-9,12-13,18H,10H2,1-4H3. The van der Waals surface area contributed by atoms with Gasteiger partial charge < -0.3 is 10.1 Å². The molecule has 0 radical (unpaired) electrons. The van der Waals surface area contributed by atoms with Gasteiger partial charge in [-0.05, 0) is 25.5 Å². The molecule has 4 heteroatoms. The third-order valence-corrected chi connectivity index (χ3v) is 4.47. The molecule has 1 N–H and O–H groups in total. The van der Waals surface area contributed by atoms with Crippen molar-refractivity contribution in [3.63, 3.8) is 0 Å². The molecular weight excluding hydrogens is 268 g/mol. The normalized spacial score (nSPS) is 14.0. The SMILES string of the molecule is COc1cc(C)ccc1C(C)NCC(C)c1nccs1. The maximum atomic E-state index is 5.48. The Morgan fingerprint density at radius 3 is 2.80 bits per heavy atom. The lowest BCUT2D eigenvalue weighted by Gasteiger charge is -2.19. The number of nitrogens with zero attached hydrogens (tertiary/aromatic N) is 1. The number of aryl methyl sites for hydroxylation is 1. The maximum absolute atomic E-state index is 5.48. The van der Waals surface area contributed by atoms with Gasteiger partial charge in [0.05, 0.1) is 12.1 Å². The van der Waals surface area contributed by atoms with Gasteiger partial charge in [-0.15, -0.1) is 11.3 Å². The van der Waals surface area contributed by atoms with Crippen molar-refractivity contribution >= 4 is 11.3 Å². The number of hydrogen-bond acceptors (Lipinski definition) is 4. The van der Waals surface area contributed by atoms with Crippen LogP contribution >= 0.6 is 11.3 Å². The molecule has 2 rings (SSSR count). The molecule has 0 saturated carbocycles. The minimum absolute atomic E-state index is 0.257. The Morgan fingerprint density at radius 2 is 2.15 bits per heavy atom. The molecule has 0 spiro atoms. The highest BCUT2D eigenvalue weighted by Crippen LogP contribution is 2.26. The fourth-order valence-corrected chi connectivity index (χ4v) is 2.90. The van der Waals surface area contributed by atoms with Crippen molar-refractivity contribution in [2.75, 3.05) is 13.7 Å². The third-order valence-electron chi connectivity index (χ3n) is 3.46. The minimum atomic E-state index is 0.257. The highest BCUT2D eigenvalue weighted by molar-refractivity contribution is 7.09. The molecule has 2 unspecified atom stereocenters. The third kappa shape index (κ3) is 3.58. The van der Waals surface area contributed by atoms with E-state index in [1.807, 2.05) is 11.6 Å². The molecule has 1 heterocycles. The van der Waals surface area contributed by atoms with E-state index in [9.17, 15) is 0 Å². The van der Waals surface area contributed by atoms with Gasteiger partial charge in [0.15, 0.2) is 0 Å². The van der Waals surface area contributed by atoms with Crippen molar-refractivity contribution in [2.45, 2.75) is 32.7 Å². The van der Waals surface area contributed by atoms with Gasteiger partial charge in [-0.1, -0.05) is 19.1 Å². The second kappa shape index (κ2) is 6.86. The van der Waals surface area contributed by atoms with E-state index in [4.69, 9.17) is 4.74 Å². The molecule has 0 fully saturated rings. The van der Waals surface area contributed by atoms with E-state index in [1.165, 1.54) is 16.1 Å². The smallest absolute Gasteiger partial charge is 0.123 e. The van der Waals surface area contributed by atoms with E-state index < -0.39 is 0 Å². The summed E-state index contributed by atoms with van der Waals surface area (Å²) in [7, 11) is 1.73. The zero-order valence-corrected chi connectivity index (χ0v) is 13.3. The molecule has 0 aliphatic carbocycles. The van der Waals surface area contributed by atoms with Crippen molar-refractivity contribution in [3.05, 3.63) is 45.9 Å². The van der Waals surface area contributed by atoms with Crippen molar-refractivity contribution in [1.82, 2.24) is 10.3 Å². The van der Waals surface area contributed by atoms with Gasteiger partial charge in [0.1, 0.15) is 5.75 Å². The number of hydrogen-bond donors (Lipinski definition) is 1. The first-order valence-electron chi connectivity index (χ1n) is 6.89. The first kappa shape index (κ1) is 15.0. The Labute approximate surface area is 125 Å². The first-order valence-corrected chi connectivity index (χ1v) is 7.77. The quantitative estimate of drug-likeness (QED) is 0.875. The summed E-state index contributed by atoms with van der Waals surface area (Å²) < 4.78 is 5.48. The van der Waals surface area contributed by atoms with Crippen LogP contribution in [0.4, 0.5) is 0 Å². The zero-order chi connectivity index (χ0) is 14.5. The van der Waals surface area contributed by atoms with Crippen LogP contribution in [0.15, 0.2) is 29.8 Å². The largest absolute Gasteiger partial charge is 0.496 e. The summed E-state index contributed by atoms with van der Waals surface area (Å²) in [5.41, 5.74) is 2.42. The summed E-state index contributed by atoms with van der Waals surface area (Å²) in [6.45, 7) is 7.35. The van der Waals surface area contributed by atoms with E-state index in [0.29, 0.717) is 5.92 Å². The van der Waals surface area contributed by atoms with Crippen LogP contribution in [-0.4, -0.2) is 18.6 Å². The average Bonchev–Trinajstić information content (AvgIpc) is 2.98. The van der Waals surface area contributed by atoms with Crippen LogP contribution in [0.5, 0.6) is 5.75 Å². The molecule has 1 aromatic carbocycles. The summed E-state index contributed by atoms with van der Waals surface area (Å²) in [6.07, 6.45) is 1.86. The molecular formula is C16H22N2OS. The minimum Gasteiger partial charge on any atom is -0.496 e. The summed E-state index contributed by atoms with van der Waals surface area (Å²) in [5.74, 6) is 1.38. The molecule has 0 bridgehead atoms. The molecule has 0 aliphatic rings. The number of thiazole rings is 1. The number of benzene rings is 1. The summed E-state index contributed by atoms with van der Waals surface area (Å²) in [5, 5.41) is 6.77. The molecule has 2 aromatic rings. The average molecular weight is 290 g/mol. The molecule has 1 aromatic heterocycles. The van der Waals surface area contributed by atoms with Crippen LogP contribution < -0.4 is 10.1 Å². The maximum Gasteiger partial charge on any atom is 0.123 e. The predicted molar refractivity (Wildman–Crippen MR) is 84.7 cm³/mol. The van der Waals surface area contributed by atoms with Crippen LogP contribution in [0.3, 0.4) is 0 Å². The van der Waals surface area contributed by atoms with Gasteiger partial charge in [-0.25, -0.2) is 4.98 Å². The van der Waals surface area contributed by atoms with Crippen molar-refractivity contribution in [1.29, 1.82) is 0 Å². The fraction of sp³-hybridized carbons (Fsp3) is 0.438. The van der Waals surface area contributed by atoms with Crippen LogP contribution in [0.1, 0.15) is 41.9 Å².